The van der Waals surface area contributed by atoms with E-state index in [0.717, 1.165) is 6.07 Å². The zero-order chi connectivity index (χ0) is 28.8. The molecule has 2 heterocycles. The Kier molecular flexibility index (Phi) is 9.38. The molecule has 0 saturated carbocycles. The smallest absolute Gasteiger partial charge is 0.269 e. The SMILES string of the molecule is CCOc1ccn(-c2ccc(F)c(OCCBr)c2)c(=O)c1C(=O)Cc1ccc(Oc2ccnc(N)c2Cl)c(F)c1. The van der Waals surface area contributed by atoms with Crippen LogP contribution in [-0.4, -0.2) is 33.9 Å². The van der Waals surface area contributed by atoms with E-state index in [-0.39, 0.29) is 64.7 Å². The molecular weight excluding hydrogens is 612 g/mol. The van der Waals surface area contributed by atoms with Gasteiger partial charge >= 0.3 is 0 Å². The summed E-state index contributed by atoms with van der Waals surface area (Å²) in [5.74, 6) is -1.91. The summed E-state index contributed by atoms with van der Waals surface area (Å²) in [5.41, 5.74) is 5.33. The summed E-state index contributed by atoms with van der Waals surface area (Å²) in [6.07, 6.45) is 2.49. The fraction of sp³-hybridized carbons (Fsp3) is 0.179. The van der Waals surface area contributed by atoms with Crippen molar-refractivity contribution in [1.82, 2.24) is 9.55 Å². The van der Waals surface area contributed by atoms with Gasteiger partial charge in [-0.25, -0.2) is 13.8 Å². The summed E-state index contributed by atoms with van der Waals surface area (Å²) in [6, 6.07) is 10.8. The van der Waals surface area contributed by atoms with Crippen LogP contribution in [0.2, 0.25) is 5.02 Å². The number of alkyl halides is 1. The number of nitrogens with zero attached hydrogens (tertiary/aromatic N) is 2. The molecule has 0 spiro atoms. The third-order valence-electron chi connectivity index (χ3n) is 5.62. The van der Waals surface area contributed by atoms with E-state index < -0.39 is 23.0 Å². The van der Waals surface area contributed by atoms with E-state index in [4.69, 9.17) is 31.5 Å². The van der Waals surface area contributed by atoms with Crippen LogP contribution in [0.1, 0.15) is 22.8 Å². The number of ketones is 1. The lowest BCUT2D eigenvalue weighted by Crippen LogP contribution is -2.27. The summed E-state index contributed by atoms with van der Waals surface area (Å²) in [6.45, 7) is 2.13. The first-order valence-electron chi connectivity index (χ1n) is 12.0. The number of nitrogens with two attached hydrogens (primary N) is 1. The molecule has 0 fully saturated rings. The van der Waals surface area contributed by atoms with Gasteiger partial charge < -0.3 is 19.9 Å². The average Bonchev–Trinajstić information content (AvgIpc) is 2.92. The van der Waals surface area contributed by atoms with Gasteiger partial charge in [0.1, 0.15) is 22.2 Å². The van der Waals surface area contributed by atoms with Gasteiger partial charge in [-0.2, -0.15) is 0 Å². The Bertz CT molecular complexity index is 1620. The molecule has 0 unspecified atom stereocenters. The fourth-order valence-electron chi connectivity index (χ4n) is 3.81. The Hall–Kier alpha value is -3.96. The van der Waals surface area contributed by atoms with Gasteiger partial charge in [-0.15, -0.1) is 0 Å². The number of benzene rings is 2. The van der Waals surface area contributed by atoms with Crippen LogP contribution in [-0.2, 0) is 6.42 Å². The number of pyridine rings is 2. The van der Waals surface area contributed by atoms with Crippen molar-refractivity contribution in [3.8, 4) is 28.7 Å². The summed E-state index contributed by atoms with van der Waals surface area (Å²) >= 11 is 9.28. The molecule has 0 radical (unpaired) electrons. The number of carbonyl (C=O) groups is 1. The van der Waals surface area contributed by atoms with Crippen LogP contribution in [0, 0.1) is 11.6 Å². The summed E-state index contributed by atoms with van der Waals surface area (Å²) in [5, 5.41) is 0.519. The van der Waals surface area contributed by atoms with Crippen LogP contribution in [0.5, 0.6) is 23.0 Å². The van der Waals surface area contributed by atoms with Crippen molar-refractivity contribution in [3.05, 3.63) is 99.1 Å². The molecule has 4 aromatic rings. The molecular formula is C28H23BrClF2N3O5. The van der Waals surface area contributed by atoms with Crippen LogP contribution < -0.4 is 25.5 Å². The number of aromatic nitrogens is 2. The van der Waals surface area contributed by atoms with Crippen molar-refractivity contribution in [3.63, 3.8) is 0 Å². The van der Waals surface area contributed by atoms with Gasteiger partial charge in [0.2, 0.25) is 0 Å². The van der Waals surface area contributed by atoms with Gasteiger partial charge in [-0.3, -0.25) is 14.2 Å². The van der Waals surface area contributed by atoms with Crippen molar-refractivity contribution < 1.29 is 27.8 Å². The monoisotopic (exact) mass is 633 g/mol. The molecule has 0 amide bonds. The lowest BCUT2D eigenvalue weighted by Gasteiger charge is -2.14. The van der Waals surface area contributed by atoms with E-state index in [1.54, 1.807) is 6.92 Å². The highest BCUT2D eigenvalue weighted by Crippen LogP contribution is 2.33. The summed E-state index contributed by atoms with van der Waals surface area (Å²) in [7, 11) is 0. The normalized spacial score (nSPS) is 10.8. The Morgan fingerprint density at radius 3 is 2.55 bits per heavy atom. The second-order valence-corrected chi connectivity index (χ2v) is 9.46. The topological polar surface area (TPSA) is 106 Å². The predicted molar refractivity (Wildman–Crippen MR) is 151 cm³/mol. The van der Waals surface area contributed by atoms with E-state index >= 15 is 0 Å². The molecule has 2 aromatic carbocycles. The Morgan fingerprint density at radius 1 is 1.02 bits per heavy atom. The number of Topliss-reactive ketones (excluding diaryl/α,β-unsaturated/α-hetero) is 1. The van der Waals surface area contributed by atoms with Crippen LogP contribution in [0.15, 0.2) is 65.7 Å². The third-order valence-corrected chi connectivity index (χ3v) is 6.33. The fourth-order valence-corrected chi connectivity index (χ4v) is 4.12. The molecule has 0 aliphatic rings. The highest BCUT2D eigenvalue weighted by atomic mass is 79.9. The third kappa shape index (κ3) is 6.43. The first kappa shape index (κ1) is 29.0. The number of rotatable bonds is 11. The predicted octanol–water partition coefficient (Wildman–Crippen LogP) is 6.14. The molecule has 2 N–H and O–H groups in total. The lowest BCUT2D eigenvalue weighted by atomic mass is 10.0. The van der Waals surface area contributed by atoms with E-state index in [0.29, 0.717) is 10.9 Å². The molecule has 0 aliphatic carbocycles. The maximum atomic E-state index is 14.9. The molecule has 208 valence electrons. The van der Waals surface area contributed by atoms with Gasteiger partial charge in [0.05, 0.1) is 18.9 Å². The van der Waals surface area contributed by atoms with Crippen molar-refractivity contribution in [2.45, 2.75) is 13.3 Å². The number of hydrogen-bond acceptors (Lipinski definition) is 7. The molecule has 8 nitrogen and oxygen atoms in total. The standard InChI is InChI=1S/C28H23BrClF2N3O5/c1-2-38-22-8-11-35(17-4-5-18(31)24(15-17)39-12-9-29)28(37)25(22)20(36)14-16-3-6-21(19(32)13-16)40-23-7-10-34-27(33)26(23)30/h3-8,10-11,13,15H,2,9,12,14H2,1H3,(H2,33,34). The van der Waals surface area contributed by atoms with Crippen LogP contribution in [0.25, 0.3) is 5.69 Å². The maximum absolute atomic E-state index is 14.9. The first-order chi connectivity index (χ1) is 19.2. The molecule has 0 bridgehead atoms. The Labute approximate surface area is 241 Å². The van der Waals surface area contributed by atoms with Gasteiger partial charge in [-0.05, 0) is 42.8 Å². The number of carbonyl (C=O) groups excluding carboxylic acids is 1. The number of nitrogen functional groups attached to an aromatic ring is 1. The molecule has 40 heavy (non-hydrogen) atoms. The lowest BCUT2D eigenvalue weighted by molar-refractivity contribution is 0.0987. The van der Waals surface area contributed by atoms with Crippen molar-refractivity contribution in [2.75, 3.05) is 24.3 Å². The largest absolute Gasteiger partial charge is 0.493 e. The molecule has 0 saturated heterocycles. The number of halogens is 4. The van der Waals surface area contributed by atoms with Crippen molar-refractivity contribution in [2.24, 2.45) is 0 Å². The van der Waals surface area contributed by atoms with Gasteiger partial charge in [0.25, 0.3) is 5.56 Å². The molecule has 12 heteroatoms. The van der Waals surface area contributed by atoms with Crippen LogP contribution in [0.3, 0.4) is 0 Å². The average molecular weight is 635 g/mol. The second kappa shape index (κ2) is 12.9. The number of anilines is 1. The number of hydrogen-bond donors (Lipinski definition) is 1. The molecule has 0 atom stereocenters. The minimum absolute atomic E-state index is 0.0312. The van der Waals surface area contributed by atoms with Crippen LogP contribution in [0.4, 0.5) is 14.6 Å². The quantitative estimate of drug-likeness (QED) is 0.156. The minimum atomic E-state index is -0.755. The highest BCUT2D eigenvalue weighted by molar-refractivity contribution is 9.09. The Morgan fingerprint density at radius 2 is 1.82 bits per heavy atom. The molecule has 2 aromatic heterocycles. The minimum Gasteiger partial charge on any atom is -0.493 e. The zero-order valence-corrected chi connectivity index (χ0v) is 23.5. The first-order valence-corrected chi connectivity index (χ1v) is 13.5. The van der Waals surface area contributed by atoms with Crippen LogP contribution >= 0.6 is 27.5 Å². The van der Waals surface area contributed by atoms with E-state index in [2.05, 4.69) is 20.9 Å². The van der Waals surface area contributed by atoms with E-state index in [1.807, 2.05) is 0 Å². The maximum Gasteiger partial charge on any atom is 0.269 e. The van der Waals surface area contributed by atoms with E-state index in [9.17, 15) is 18.4 Å². The molecule has 0 aliphatic heterocycles. The zero-order valence-electron chi connectivity index (χ0n) is 21.1. The Balaban J connectivity index is 1.64. The van der Waals surface area contributed by atoms with Crippen molar-refractivity contribution >= 4 is 39.1 Å². The second-order valence-electron chi connectivity index (χ2n) is 8.29. The van der Waals surface area contributed by atoms with Crippen molar-refractivity contribution in [1.29, 1.82) is 0 Å². The summed E-state index contributed by atoms with van der Waals surface area (Å²) < 4.78 is 46.7. The number of ether oxygens (including phenoxy) is 3. The molecule has 4 rings (SSSR count). The van der Waals surface area contributed by atoms with Gasteiger partial charge in [0.15, 0.2) is 34.7 Å². The van der Waals surface area contributed by atoms with Gasteiger partial charge in [-0.1, -0.05) is 33.6 Å². The highest BCUT2D eigenvalue weighted by Gasteiger charge is 2.22. The van der Waals surface area contributed by atoms with Gasteiger partial charge in [0, 0.05) is 36.3 Å². The van der Waals surface area contributed by atoms with E-state index in [1.165, 1.54) is 59.4 Å². The summed E-state index contributed by atoms with van der Waals surface area (Å²) in [4.78, 5) is 30.7.